The number of halogens is 6. The molecule has 3 rings (SSSR count). The fourth-order valence-corrected chi connectivity index (χ4v) is 2.73. The number of carboxylic acid groups (broad SMARTS) is 2. The Balaban J connectivity index is 0.000000362. The van der Waals surface area contributed by atoms with Crippen molar-refractivity contribution in [1.82, 2.24) is 24.6 Å². The predicted octanol–water partition coefficient (Wildman–Crippen LogP) is 2.23. The third kappa shape index (κ3) is 12.0. The number of nitrogens with zero attached hydrogens (tertiary/aromatic N) is 6. The van der Waals surface area contributed by atoms with Crippen molar-refractivity contribution in [3.05, 3.63) is 36.4 Å². The van der Waals surface area contributed by atoms with Crippen LogP contribution < -0.4 is 4.90 Å². The number of hydrogen-bond acceptors (Lipinski definition) is 7. The molecule has 0 spiro atoms. The van der Waals surface area contributed by atoms with Crippen LogP contribution in [0.5, 0.6) is 0 Å². The molecular weight excluding hydrogens is 490 g/mol. The summed E-state index contributed by atoms with van der Waals surface area (Å²) >= 11 is 0. The van der Waals surface area contributed by atoms with Crippen LogP contribution in [0.3, 0.4) is 0 Å². The molecular formula is C19H24F6N6O4. The number of aryl methyl sites for hydroxylation is 2. The summed E-state index contributed by atoms with van der Waals surface area (Å²) in [7, 11) is 1.97. The molecule has 0 radical (unpaired) electrons. The second kappa shape index (κ2) is 13.5. The predicted molar refractivity (Wildman–Crippen MR) is 110 cm³/mol. The minimum absolute atomic E-state index is 0.854. The Morgan fingerprint density at radius 2 is 1.43 bits per heavy atom. The number of carboxylic acids is 2. The number of aliphatic carboxylic acids is 2. The Labute approximate surface area is 195 Å². The minimum atomic E-state index is -5.08. The van der Waals surface area contributed by atoms with Crippen LogP contribution >= 0.6 is 0 Å². The first-order valence-corrected chi connectivity index (χ1v) is 10.0. The number of aromatic nitrogens is 4. The van der Waals surface area contributed by atoms with Crippen molar-refractivity contribution < 1.29 is 46.1 Å². The standard InChI is InChI=1S/C15H22N6.2C2HF3O2/c1-19-13-14(12-18-19)4-2-7-20-8-10-21(11-9-20)15-16-5-3-6-17-15;2*3-2(4,5)1(6)7/h3,5-6,12-13H,2,4,7-11H2,1H3;2*(H,6,7). The van der Waals surface area contributed by atoms with Crippen LogP contribution in [0.25, 0.3) is 0 Å². The van der Waals surface area contributed by atoms with E-state index in [4.69, 9.17) is 19.8 Å². The average Bonchev–Trinajstić information content (AvgIpc) is 3.19. The van der Waals surface area contributed by atoms with Gasteiger partial charge in [0.05, 0.1) is 6.20 Å². The third-order valence-electron chi connectivity index (χ3n) is 4.39. The largest absolute Gasteiger partial charge is 0.490 e. The quantitative estimate of drug-likeness (QED) is 0.578. The molecule has 0 atom stereocenters. The van der Waals surface area contributed by atoms with Gasteiger partial charge in [0, 0.05) is 51.8 Å². The molecule has 35 heavy (non-hydrogen) atoms. The van der Waals surface area contributed by atoms with Gasteiger partial charge in [0.25, 0.3) is 0 Å². The van der Waals surface area contributed by atoms with Gasteiger partial charge in [0.15, 0.2) is 0 Å². The molecule has 0 aromatic carbocycles. The number of anilines is 1. The molecule has 1 aliphatic heterocycles. The summed E-state index contributed by atoms with van der Waals surface area (Å²) in [4.78, 5) is 31.2. The maximum Gasteiger partial charge on any atom is 0.490 e. The van der Waals surface area contributed by atoms with Crippen LogP contribution in [0.2, 0.25) is 0 Å². The first-order valence-electron chi connectivity index (χ1n) is 10.0. The molecule has 0 amide bonds. The summed E-state index contributed by atoms with van der Waals surface area (Å²) in [5.74, 6) is -4.66. The minimum Gasteiger partial charge on any atom is -0.475 e. The zero-order valence-electron chi connectivity index (χ0n) is 18.5. The lowest BCUT2D eigenvalue weighted by Gasteiger charge is -2.34. The van der Waals surface area contributed by atoms with E-state index in [0.29, 0.717) is 0 Å². The van der Waals surface area contributed by atoms with Gasteiger partial charge in [0.1, 0.15) is 0 Å². The lowest BCUT2D eigenvalue weighted by molar-refractivity contribution is -0.193. The average molecular weight is 514 g/mol. The van der Waals surface area contributed by atoms with Gasteiger partial charge in [-0.25, -0.2) is 19.6 Å². The summed E-state index contributed by atoms with van der Waals surface area (Å²) in [6.45, 7) is 5.35. The first kappa shape index (κ1) is 29.6. The molecule has 16 heteroatoms. The van der Waals surface area contributed by atoms with Gasteiger partial charge in [-0.1, -0.05) is 0 Å². The molecule has 0 bridgehead atoms. The summed E-state index contributed by atoms with van der Waals surface area (Å²) in [6, 6.07) is 1.86. The second-order valence-corrected chi connectivity index (χ2v) is 7.11. The number of piperazine rings is 1. The van der Waals surface area contributed by atoms with Crippen molar-refractivity contribution in [2.24, 2.45) is 7.05 Å². The Kier molecular flexibility index (Phi) is 11.4. The van der Waals surface area contributed by atoms with Gasteiger partial charge in [-0.2, -0.15) is 31.4 Å². The van der Waals surface area contributed by atoms with Gasteiger partial charge in [-0.05, 0) is 31.0 Å². The first-order chi connectivity index (χ1) is 16.2. The maximum atomic E-state index is 10.6. The van der Waals surface area contributed by atoms with Crippen molar-refractivity contribution in [1.29, 1.82) is 0 Å². The highest BCUT2D eigenvalue weighted by molar-refractivity contribution is 5.73. The lowest BCUT2D eigenvalue weighted by atomic mass is 10.2. The van der Waals surface area contributed by atoms with Crippen LogP contribution in [-0.4, -0.2) is 91.9 Å². The van der Waals surface area contributed by atoms with Gasteiger partial charge in [-0.3, -0.25) is 9.58 Å². The van der Waals surface area contributed by atoms with E-state index in [1.165, 1.54) is 12.0 Å². The maximum absolute atomic E-state index is 10.6. The molecule has 2 aromatic heterocycles. The molecule has 1 fully saturated rings. The van der Waals surface area contributed by atoms with Crippen molar-refractivity contribution in [3.63, 3.8) is 0 Å². The van der Waals surface area contributed by atoms with Crippen LogP contribution in [-0.2, 0) is 23.1 Å². The zero-order chi connectivity index (χ0) is 26.6. The highest BCUT2D eigenvalue weighted by atomic mass is 19.4. The van der Waals surface area contributed by atoms with Crippen molar-refractivity contribution in [2.75, 3.05) is 37.6 Å². The number of alkyl halides is 6. The summed E-state index contributed by atoms with van der Waals surface area (Å²) in [5.41, 5.74) is 1.33. The number of carbonyl (C=O) groups is 2. The van der Waals surface area contributed by atoms with Crippen LogP contribution in [0, 0.1) is 0 Å². The van der Waals surface area contributed by atoms with Crippen molar-refractivity contribution in [3.8, 4) is 0 Å². The molecule has 0 aliphatic carbocycles. The summed E-state index contributed by atoms with van der Waals surface area (Å²) in [5, 5.41) is 18.5. The van der Waals surface area contributed by atoms with E-state index in [1.54, 1.807) is 0 Å². The normalized spacial score (nSPS) is 14.3. The van der Waals surface area contributed by atoms with Gasteiger partial charge < -0.3 is 15.1 Å². The number of rotatable bonds is 5. The van der Waals surface area contributed by atoms with Gasteiger partial charge in [0.2, 0.25) is 5.95 Å². The summed E-state index contributed by atoms with van der Waals surface area (Å²) < 4.78 is 65.3. The Morgan fingerprint density at radius 3 is 1.83 bits per heavy atom. The van der Waals surface area contributed by atoms with E-state index in [9.17, 15) is 26.3 Å². The van der Waals surface area contributed by atoms with E-state index in [-0.39, 0.29) is 0 Å². The molecule has 2 N–H and O–H groups in total. The SMILES string of the molecule is Cn1cc(CCCN2CCN(c3ncccn3)CC2)cn1.O=C(O)C(F)(F)F.O=C(O)C(F)(F)F. The molecule has 0 unspecified atom stereocenters. The second-order valence-electron chi connectivity index (χ2n) is 7.11. The molecule has 1 saturated heterocycles. The van der Waals surface area contributed by atoms with E-state index >= 15 is 0 Å². The van der Waals surface area contributed by atoms with Gasteiger partial charge >= 0.3 is 24.3 Å². The zero-order valence-corrected chi connectivity index (χ0v) is 18.5. The third-order valence-corrected chi connectivity index (χ3v) is 4.39. The highest BCUT2D eigenvalue weighted by Gasteiger charge is 2.38. The van der Waals surface area contributed by atoms with Gasteiger partial charge in [-0.15, -0.1) is 0 Å². The molecule has 1 aliphatic rings. The molecule has 0 saturated carbocycles. The van der Waals surface area contributed by atoms with Crippen LogP contribution in [0.1, 0.15) is 12.0 Å². The monoisotopic (exact) mass is 514 g/mol. The fourth-order valence-electron chi connectivity index (χ4n) is 2.73. The van der Waals surface area contributed by atoms with E-state index in [0.717, 1.165) is 45.1 Å². The van der Waals surface area contributed by atoms with E-state index in [2.05, 4.69) is 31.1 Å². The van der Waals surface area contributed by atoms with Crippen molar-refractivity contribution in [2.45, 2.75) is 25.2 Å². The van der Waals surface area contributed by atoms with Crippen molar-refractivity contribution >= 4 is 17.9 Å². The van der Waals surface area contributed by atoms with E-state index in [1.807, 2.05) is 36.4 Å². The molecule has 196 valence electrons. The molecule has 2 aromatic rings. The molecule has 3 heterocycles. The van der Waals surface area contributed by atoms with E-state index < -0.39 is 24.3 Å². The Hall–Kier alpha value is -3.43. The smallest absolute Gasteiger partial charge is 0.475 e. The topological polar surface area (TPSA) is 125 Å². The number of hydrogen-bond donors (Lipinski definition) is 2. The fraction of sp³-hybridized carbons (Fsp3) is 0.526. The Morgan fingerprint density at radius 1 is 0.943 bits per heavy atom. The highest BCUT2D eigenvalue weighted by Crippen LogP contribution is 2.14. The summed E-state index contributed by atoms with van der Waals surface area (Å²) in [6.07, 6.45) is -0.191. The lowest BCUT2D eigenvalue weighted by Crippen LogP contribution is -2.47. The van der Waals surface area contributed by atoms with Crippen LogP contribution in [0.15, 0.2) is 30.9 Å². The Bertz CT molecular complexity index is 891. The van der Waals surface area contributed by atoms with Crippen LogP contribution in [0.4, 0.5) is 32.3 Å². The molecule has 10 nitrogen and oxygen atoms in total.